The van der Waals surface area contributed by atoms with E-state index in [0.717, 1.165) is 0 Å². The molecule has 0 fully saturated rings. The molecular weight excluding hydrogens is 313 g/mol. The Hall–Kier alpha value is -1.25. The number of non-ortho nitro benzene ring substituents is 1. The summed E-state index contributed by atoms with van der Waals surface area (Å²) in [5.41, 5.74) is 0.511. The fourth-order valence-corrected chi connectivity index (χ4v) is 1.88. The molecule has 0 amide bonds. The average Bonchev–Trinajstić information content (AvgIpc) is 2.49. The van der Waals surface area contributed by atoms with Crippen LogP contribution in [0.3, 0.4) is 0 Å². The molecule has 0 aromatic heterocycles. The third-order valence-electron chi connectivity index (χ3n) is 3.04. The molecule has 0 spiro atoms. The first kappa shape index (κ1) is 18.8. The number of methoxy groups -OCH3 is 1. The van der Waals surface area contributed by atoms with E-state index in [4.69, 9.17) is 4.74 Å². The van der Waals surface area contributed by atoms with Crippen LogP contribution in [0, 0.1) is 10.1 Å². The number of benzene rings is 2. The number of nitro benzene ring substituents is 1. The summed E-state index contributed by atoms with van der Waals surface area (Å²) in [6.45, 7) is 0. The number of carbonyl (C=O) groups excluding carboxylic acids is 1. The quantitative estimate of drug-likeness (QED) is 0.357. The second-order valence-corrected chi connectivity index (χ2v) is 4.40. The second-order valence-electron chi connectivity index (χ2n) is 4.40. The number of phenols is 1. The maximum Gasteiger partial charge on any atom is 1.00 e. The van der Waals surface area contributed by atoms with Gasteiger partial charge in [0.2, 0.25) is 0 Å². The van der Waals surface area contributed by atoms with Crippen molar-refractivity contribution in [1.29, 1.82) is 0 Å². The van der Waals surface area contributed by atoms with E-state index in [0.29, 0.717) is 11.3 Å². The van der Waals surface area contributed by atoms with Crippen molar-refractivity contribution in [3.63, 3.8) is 0 Å². The van der Waals surface area contributed by atoms with Crippen LogP contribution in [0.15, 0.2) is 42.5 Å². The largest absolute Gasteiger partial charge is 1.00 e. The van der Waals surface area contributed by atoms with Gasteiger partial charge in [0.1, 0.15) is 11.5 Å². The Morgan fingerprint density at radius 2 is 1.91 bits per heavy atom. The predicted molar refractivity (Wildman–Crippen MR) is 76.9 cm³/mol. The number of ketones is 1. The first-order valence-electron chi connectivity index (χ1n) is 6.15. The van der Waals surface area contributed by atoms with Crippen LogP contribution in [0.2, 0.25) is 0 Å². The van der Waals surface area contributed by atoms with Gasteiger partial charge in [-0.25, -0.2) is 0 Å². The van der Waals surface area contributed by atoms with Crippen LogP contribution in [0.5, 0.6) is 11.5 Å². The minimum Gasteiger partial charge on any atom is -1.00 e. The van der Waals surface area contributed by atoms with Crippen LogP contribution in [-0.4, -0.2) is 22.9 Å². The summed E-state index contributed by atoms with van der Waals surface area (Å²) in [7, 11) is 1.53. The second kappa shape index (κ2) is 8.40. The van der Waals surface area contributed by atoms with Gasteiger partial charge in [0.25, 0.3) is 5.69 Å². The first-order valence-corrected chi connectivity index (χ1v) is 6.15. The van der Waals surface area contributed by atoms with Crippen molar-refractivity contribution in [2.24, 2.45) is 0 Å². The van der Waals surface area contributed by atoms with Gasteiger partial charge in [-0.05, 0) is 30.3 Å². The summed E-state index contributed by atoms with van der Waals surface area (Å²) in [6, 6.07) is 10.1. The molecule has 0 unspecified atom stereocenters. The standard InChI is InChI=1S/C15H13NO5.K.H/c1-21-13-5-2-10(3-6-13)15(18)9-11-8-12(16(19)20)4-7-14(11)17;;/h2-8,17H,9H2,1H3;;/q;+1;-1. The van der Waals surface area contributed by atoms with Gasteiger partial charge in [0.05, 0.1) is 12.0 Å². The van der Waals surface area contributed by atoms with Gasteiger partial charge in [0, 0.05) is 29.7 Å². The van der Waals surface area contributed by atoms with E-state index in [2.05, 4.69) is 0 Å². The number of hydrogen-bond acceptors (Lipinski definition) is 5. The SMILES string of the molecule is COc1ccc(C(=O)Cc2cc([N+](=O)[O-])ccc2O)cc1.[H-].[K+]. The number of nitrogens with zero attached hydrogens (tertiary/aromatic N) is 1. The zero-order valence-corrected chi connectivity index (χ0v) is 15.4. The Balaban J connectivity index is 0.00000242. The molecule has 0 bridgehead atoms. The third-order valence-corrected chi connectivity index (χ3v) is 3.04. The van der Waals surface area contributed by atoms with Gasteiger partial charge < -0.3 is 11.3 Å². The Morgan fingerprint density at radius 1 is 1.27 bits per heavy atom. The molecular formula is C15H14KNO5. The third kappa shape index (κ3) is 4.62. The van der Waals surface area contributed by atoms with E-state index < -0.39 is 4.92 Å². The number of carbonyl (C=O) groups is 1. The molecule has 110 valence electrons. The first-order chi connectivity index (χ1) is 10.0. The molecule has 2 aromatic carbocycles. The minimum absolute atomic E-state index is 0. The van der Waals surface area contributed by atoms with Crippen molar-refractivity contribution >= 4 is 11.5 Å². The molecule has 0 saturated heterocycles. The summed E-state index contributed by atoms with van der Waals surface area (Å²) in [5, 5.41) is 20.4. The molecule has 2 aromatic rings. The van der Waals surface area contributed by atoms with Crippen molar-refractivity contribution in [2.75, 3.05) is 7.11 Å². The van der Waals surface area contributed by atoms with Crippen LogP contribution in [0.1, 0.15) is 17.3 Å². The molecule has 0 aliphatic rings. The topological polar surface area (TPSA) is 89.7 Å². The number of aromatic hydroxyl groups is 1. The summed E-state index contributed by atoms with van der Waals surface area (Å²) < 4.78 is 5.00. The number of nitro groups is 1. The molecule has 0 radical (unpaired) electrons. The van der Waals surface area contributed by atoms with Crippen LogP contribution >= 0.6 is 0 Å². The van der Waals surface area contributed by atoms with Crippen LogP contribution in [0.4, 0.5) is 5.69 Å². The summed E-state index contributed by atoms with van der Waals surface area (Å²) in [6.07, 6.45) is -0.111. The van der Waals surface area contributed by atoms with Crippen molar-refractivity contribution in [2.45, 2.75) is 6.42 Å². The van der Waals surface area contributed by atoms with E-state index in [1.165, 1.54) is 25.3 Å². The molecule has 0 aliphatic heterocycles. The molecule has 22 heavy (non-hydrogen) atoms. The van der Waals surface area contributed by atoms with E-state index in [1.807, 2.05) is 0 Å². The Bertz CT molecular complexity index is 691. The normalized spacial score (nSPS) is 9.68. The van der Waals surface area contributed by atoms with Gasteiger partial charge in [-0.1, -0.05) is 0 Å². The number of phenolic OH excluding ortho intramolecular Hbond substituents is 1. The van der Waals surface area contributed by atoms with Gasteiger partial charge >= 0.3 is 51.4 Å². The Morgan fingerprint density at radius 3 is 2.45 bits per heavy atom. The molecule has 0 atom stereocenters. The fraction of sp³-hybridized carbons (Fsp3) is 0.133. The molecule has 2 rings (SSSR count). The minimum atomic E-state index is -0.569. The van der Waals surface area contributed by atoms with Gasteiger partial charge in [-0.3, -0.25) is 14.9 Å². The van der Waals surface area contributed by atoms with Crippen molar-refractivity contribution in [3.05, 3.63) is 63.7 Å². The molecule has 6 nitrogen and oxygen atoms in total. The number of ether oxygens (including phenoxy) is 1. The number of hydrogen-bond donors (Lipinski definition) is 1. The smallest absolute Gasteiger partial charge is 1.00 e. The van der Waals surface area contributed by atoms with Gasteiger partial charge in [0.15, 0.2) is 5.78 Å². The van der Waals surface area contributed by atoms with E-state index in [1.54, 1.807) is 24.3 Å². The number of rotatable bonds is 5. The van der Waals surface area contributed by atoms with E-state index in [9.17, 15) is 20.0 Å². The monoisotopic (exact) mass is 327 g/mol. The van der Waals surface area contributed by atoms with E-state index in [-0.39, 0.29) is 82.0 Å². The molecule has 7 heteroatoms. The van der Waals surface area contributed by atoms with Crippen molar-refractivity contribution in [3.8, 4) is 11.5 Å². The summed E-state index contributed by atoms with van der Waals surface area (Å²) in [4.78, 5) is 22.3. The summed E-state index contributed by atoms with van der Waals surface area (Å²) >= 11 is 0. The average molecular weight is 327 g/mol. The van der Waals surface area contributed by atoms with Crippen molar-refractivity contribution < 1.29 is 72.4 Å². The maximum atomic E-state index is 12.1. The molecule has 0 saturated carbocycles. The fourth-order valence-electron chi connectivity index (χ4n) is 1.88. The number of Topliss-reactive ketones (excluding diaryl/α,β-unsaturated/α-hetero) is 1. The Kier molecular flexibility index (Phi) is 7.17. The predicted octanol–water partition coefficient (Wildman–Crippen LogP) is -0.149. The molecule has 0 heterocycles. The van der Waals surface area contributed by atoms with Crippen molar-refractivity contribution in [1.82, 2.24) is 0 Å². The van der Waals surface area contributed by atoms with Gasteiger partial charge in [-0.15, -0.1) is 0 Å². The molecule has 0 aliphatic carbocycles. The van der Waals surface area contributed by atoms with Crippen LogP contribution in [0.25, 0.3) is 0 Å². The van der Waals surface area contributed by atoms with Crippen LogP contribution in [-0.2, 0) is 6.42 Å². The van der Waals surface area contributed by atoms with E-state index >= 15 is 0 Å². The van der Waals surface area contributed by atoms with Crippen LogP contribution < -0.4 is 56.1 Å². The van der Waals surface area contributed by atoms with Gasteiger partial charge in [-0.2, -0.15) is 0 Å². The zero-order valence-electron chi connectivity index (χ0n) is 13.3. The zero-order chi connectivity index (χ0) is 15.4. The molecule has 1 N–H and O–H groups in total. The maximum absolute atomic E-state index is 12.1. The summed E-state index contributed by atoms with van der Waals surface area (Å²) in [5.74, 6) is 0.251. The Labute approximate surface area is 171 Å².